The molecule has 0 amide bonds. The Labute approximate surface area is 114 Å². The lowest BCUT2D eigenvalue weighted by atomic mass is 10.2. The first-order chi connectivity index (χ1) is 7.68. The number of hydrogen-bond acceptors (Lipinski definition) is 3. The second-order valence-electron chi connectivity index (χ2n) is 3.63. The van der Waals surface area contributed by atoms with Crippen LogP contribution in [0.1, 0.15) is 5.56 Å². The molecule has 1 aliphatic heterocycles. The zero-order valence-corrected chi connectivity index (χ0v) is 12.0. The minimum atomic E-state index is 0.438. The Morgan fingerprint density at radius 3 is 2.62 bits per heavy atom. The summed E-state index contributed by atoms with van der Waals surface area (Å²) in [5.74, 6) is 2.41. The number of nitrogens with zero attached hydrogens (tertiary/aromatic N) is 1. The molecule has 1 saturated heterocycles. The highest BCUT2D eigenvalue weighted by Gasteiger charge is 2.12. The zero-order chi connectivity index (χ0) is 11.5. The summed E-state index contributed by atoms with van der Waals surface area (Å²) in [6, 6.07) is 6.18. The van der Waals surface area contributed by atoms with Gasteiger partial charge < -0.3 is 10.6 Å². The highest BCUT2D eigenvalue weighted by Crippen LogP contribution is 2.26. The first-order valence-corrected chi connectivity index (χ1v) is 7.46. The molecular formula is C11H13BrN2S2. The van der Waals surface area contributed by atoms with E-state index < -0.39 is 0 Å². The van der Waals surface area contributed by atoms with Crippen molar-refractivity contribution in [3.05, 3.63) is 28.2 Å². The molecule has 2 N–H and O–H groups in total. The van der Waals surface area contributed by atoms with Crippen LogP contribution in [0.4, 0.5) is 5.69 Å². The van der Waals surface area contributed by atoms with Crippen LogP contribution in [0.2, 0.25) is 0 Å². The highest BCUT2D eigenvalue weighted by molar-refractivity contribution is 9.10. The molecule has 0 atom stereocenters. The maximum absolute atomic E-state index is 5.63. The van der Waals surface area contributed by atoms with Crippen LogP contribution in [-0.2, 0) is 0 Å². The first kappa shape index (κ1) is 12.2. The lowest BCUT2D eigenvalue weighted by Gasteiger charge is -2.28. The third kappa shape index (κ3) is 2.70. The van der Waals surface area contributed by atoms with Gasteiger partial charge in [0.1, 0.15) is 4.99 Å². The van der Waals surface area contributed by atoms with E-state index in [1.54, 1.807) is 0 Å². The van der Waals surface area contributed by atoms with Crippen molar-refractivity contribution < 1.29 is 0 Å². The van der Waals surface area contributed by atoms with Gasteiger partial charge in [0, 0.05) is 40.3 Å². The summed E-state index contributed by atoms with van der Waals surface area (Å²) in [6.07, 6.45) is 0. The molecule has 1 heterocycles. The molecule has 1 aliphatic rings. The summed E-state index contributed by atoms with van der Waals surface area (Å²) < 4.78 is 0.982. The molecule has 1 aromatic rings. The highest BCUT2D eigenvalue weighted by atomic mass is 79.9. The molecule has 0 bridgehead atoms. The van der Waals surface area contributed by atoms with Crippen LogP contribution in [0.15, 0.2) is 22.7 Å². The van der Waals surface area contributed by atoms with Gasteiger partial charge >= 0.3 is 0 Å². The number of hydrogen-bond donors (Lipinski definition) is 1. The third-order valence-electron chi connectivity index (χ3n) is 2.59. The lowest BCUT2D eigenvalue weighted by molar-refractivity contribution is 0.858. The monoisotopic (exact) mass is 316 g/mol. The predicted octanol–water partition coefficient (Wildman–Crippen LogP) is 2.64. The Kier molecular flexibility index (Phi) is 4.10. The second kappa shape index (κ2) is 5.38. The molecule has 0 radical (unpaired) electrons. The van der Waals surface area contributed by atoms with E-state index in [-0.39, 0.29) is 0 Å². The summed E-state index contributed by atoms with van der Waals surface area (Å²) >= 11 is 10.5. The molecule has 0 aromatic heterocycles. The fourth-order valence-electron chi connectivity index (χ4n) is 1.72. The van der Waals surface area contributed by atoms with Crippen LogP contribution in [0.3, 0.4) is 0 Å². The van der Waals surface area contributed by atoms with Crippen LogP contribution in [0.25, 0.3) is 0 Å². The summed E-state index contributed by atoms with van der Waals surface area (Å²) in [5, 5.41) is 0. The van der Waals surface area contributed by atoms with E-state index in [0.717, 1.165) is 23.1 Å². The quantitative estimate of drug-likeness (QED) is 0.849. The topological polar surface area (TPSA) is 29.3 Å². The van der Waals surface area contributed by atoms with Gasteiger partial charge in [-0.15, -0.1) is 0 Å². The van der Waals surface area contributed by atoms with Crippen LogP contribution >= 0.6 is 39.9 Å². The third-order valence-corrected chi connectivity index (χ3v) is 4.41. The summed E-state index contributed by atoms with van der Waals surface area (Å²) in [5.41, 5.74) is 7.78. The van der Waals surface area contributed by atoms with E-state index in [1.165, 1.54) is 17.2 Å². The number of nitrogens with two attached hydrogens (primary N) is 1. The van der Waals surface area contributed by atoms with Crippen molar-refractivity contribution in [1.82, 2.24) is 0 Å². The molecule has 86 valence electrons. The van der Waals surface area contributed by atoms with Crippen LogP contribution in [0, 0.1) is 0 Å². The van der Waals surface area contributed by atoms with Gasteiger partial charge in [0.05, 0.1) is 0 Å². The van der Waals surface area contributed by atoms with Gasteiger partial charge in [0.15, 0.2) is 0 Å². The van der Waals surface area contributed by atoms with Gasteiger partial charge in [-0.05, 0) is 34.1 Å². The molecule has 16 heavy (non-hydrogen) atoms. The Morgan fingerprint density at radius 1 is 1.38 bits per heavy atom. The molecule has 5 heteroatoms. The van der Waals surface area contributed by atoms with Crippen LogP contribution < -0.4 is 10.6 Å². The average molecular weight is 317 g/mol. The van der Waals surface area contributed by atoms with Gasteiger partial charge in [-0.1, -0.05) is 12.2 Å². The minimum absolute atomic E-state index is 0.438. The largest absolute Gasteiger partial charge is 0.389 e. The summed E-state index contributed by atoms with van der Waals surface area (Å²) in [6.45, 7) is 2.23. The van der Waals surface area contributed by atoms with Crippen molar-refractivity contribution in [2.45, 2.75) is 0 Å². The van der Waals surface area contributed by atoms with E-state index >= 15 is 0 Å². The van der Waals surface area contributed by atoms with Crippen molar-refractivity contribution >= 4 is 50.6 Å². The fourth-order valence-corrected chi connectivity index (χ4v) is 3.51. The Hall–Kier alpha value is -0.260. The minimum Gasteiger partial charge on any atom is -0.389 e. The van der Waals surface area contributed by atoms with Crippen molar-refractivity contribution in [3.8, 4) is 0 Å². The molecule has 0 spiro atoms. The standard InChI is InChI=1S/C11H13BrN2S2/c12-10-7-8(1-2-9(10)11(13)15)14-3-5-16-6-4-14/h1-2,7H,3-6H2,(H2,13,15). The van der Waals surface area contributed by atoms with Gasteiger partial charge in [-0.2, -0.15) is 11.8 Å². The normalized spacial score (nSPS) is 16.2. The number of benzene rings is 1. The maximum atomic E-state index is 5.63. The van der Waals surface area contributed by atoms with E-state index in [9.17, 15) is 0 Å². The van der Waals surface area contributed by atoms with Crippen molar-refractivity contribution in [2.75, 3.05) is 29.5 Å². The Bertz CT molecular complexity index is 403. The van der Waals surface area contributed by atoms with Crippen LogP contribution in [-0.4, -0.2) is 29.6 Å². The fraction of sp³-hybridized carbons (Fsp3) is 0.364. The van der Waals surface area contributed by atoms with Gasteiger partial charge in [-0.3, -0.25) is 0 Å². The summed E-state index contributed by atoms with van der Waals surface area (Å²) in [7, 11) is 0. The lowest BCUT2D eigenvalue weighted by Crippen LogP contribution is -2.32. The van der Waals surface area contributed by atoms with Crippen molar-refractivity contribution in [1.29, 1.82) is 0 Å². The molecule has 2 rings (SSSR count). The molecule has 2 nitrogen and oxygen atoms in total. The molecule has 1 fully saturated rings. The van der Waals surface area contributed by atoms with E-state index in [2.05, 4.69) is 33.0 Å². The number of anilines is 1. The second-order valence-corrected chi connectivity index (χ2v) is 6.15. The van der Waals surface area contributed by atoms with E-state index in [1.807, 2.05) is 17.8 Å². The first-order valence-electron chi connectivity index (χ1n) is 5.10. The predicted molar refractivity (Wildman–Crippen MR) is 79.6 cm³/mol. The molecular weight excluding hydrogens is 304 g/mol. The van der Waals surface area contributed by atoms with Gasteiger partial charge in [0.25, 0.3) is 0 Å². The van der Waals surface area contributed by atoms with Crippen molar-refractivity contribution in [3.63, 3.8) is 0 Å². The summed E-state index contributed by atoms with van der Waals surface area (Å²) in [4.78, 5) is 2.83. The van der Waals surface area contributed by atoms with Gasteiger partial charge in [-0.25, -0.2) is 0 Å². The molecule has 1 aromatic carbocycles. The average Bonchev–Trinajstić information content (AvgIpc) is 2.29. The van der Waals surface area contributed by atoms with Crippen molar-refractivity contribution in [2.24, 2.45) is 5.73 Å². The van der Waals surface area contributed by atoms with Crippen LogP contribution in [0.5, 0.6) is 0 Å². The number of thioether (sulfide) groups is 1. The Balaban J connectivity index is 2.23. The number of halogens is 1. The Morgan fingerprint density at radius 2 is 2.06 bits per heavy atom. The number of thiocarbonyl (C=S) groups is 1. The smallest absolute Gasteiger partial charge is 0.105 e. The van der Waals surface area contributed by atoms with E-state index in [0.29, 0.717) is 4.99 Å². The molecule has 0 aliphatic carbocycles. The van der Waals surface area contributed by atoms with E-state index in [4.69, 9.17) is 18.0 Å². The maximum Gasteiger partial charge on any atom is 0.105 e. The molecule has 0 unspecified atom stereocenters. The van der Waals surface area contributed by atoms with Gasteiger partial charge in [0.2, 0.25) is 0 Å². The number of rotatable bonds is 2. The molecule has 0 saturated carbocycles. The SMILES string of the molecule is NC(=S)c1ccc(N2CCSCC2)cc1Br. The zero-order valence-electron chi connectivity index (χ0n) is 8.78.